The van der Waals surface area contributed by atoms with Crippen molar-refractivity contribution in [3.63, 3.8) is 0 Å². The molecule has 0 aliphatic heterocycles. The van der Waals surface area contributed by atoms with E-state index in [0.717, 1.165) is 24.1 Å². The Morgan fingerprint density at radius 1 is 1.29 bits per heavy atom. The van der Waals surface area contributed by atoms with Crippen molar-refractivity contribution in [1.82, 2.24) is 5.32 Å². The van der Waals surface area contributed by atoms with Gasteiger partial charge in [0, 0.05) is 11.7 Å². The van der Waals surface area contributed by atoms with Crippen molar-refractivity contribution in [3.8, 4) is 0 Å². The molecule has 2 rings (SSSR count). The molecule has 21 heavy (non-hydrogen) atoms. The molecule has 1 fully saturated rings. The maximum atomic E-state index is 10.8. The first-order valence-corrected chi connectivity index (χ1v) is 7.96. The third-order valence-electron chi connectivity index (χ3n) is 4.65. The van der Waals surface area contributed by atoms with Gasteiger partial charge in [0.1, 0.15) is 0 Å². The van der Waals surface area contributed by atoms with Gasteiger partial charge in [-0.15, -0.1) is 0 Å². The topological polar surface area (TPSA) is 67.2 Å². The number of nitrogens with one attached hydrogen (secondary N) is 2. The first kappa shape index (κ1) is 15.8. The molecule has 2 amide bonds. The van der Waals surface area contributed by atoms with Gasteiger partial charge in [0.15, 0.2) is 0 Å². The average molecular weight is 289 g/mol. The summed E-state index contributed by atoms with van der Waals surface area (Å²) in [5.74, 6) is 1.64. The van der Waals surface area contributed by atoms with E-state index in [9.17, 15) is 4.79 Å². The molecule has 0 radical (unpaired) electrons. The van der Waals surface area contributed by atoms with Crippen LogP contribution in [0.4, 0.5) is 10.5 Å². The molecule has 4 heteroatoms. The molecule has 1 aliphatic rings. The molecule has 1 aromatic rings. The van der Waals surface area contributed by atoms with E-state index in [0.29, 0.717) is 6.04 Å². The van der Waals surface area contributed by atoms with Crippen LogP contribution in [0.3, 0.4) is 0 Å². The lowest BCUT2D eigenvalue weighted by Gasteiger charge is -2.30. The molecule has 0 bridgehead atoms. The normalized spacial score (nSPS) is 23.5. The average Bonchev–Trinajstić information content (AvgIpc) is 2.46. The zero-order chi connectivity index (χ0) is 15.2. The second-order valence-electron chi connectivity index (χ2n) is 6.26. The number of hydrogen-bond acceptors (Lipinski definition) is 2. The van der Waals surface area contributed by atoms with Gasteiger partial charge >= 0.3 is 6.03 Å². The van der Waals surface area contributed by atoms with Crippen molar-refractivity contribution in [2.75, 3.05) is 11.9 Å². The standard InChI is InChI=1S/C17H27N3O/c1-12-5-3-4-6-15(12)11-19-13(2)14-7-9-16(10-8-14)20-17(18)21/h7-10,12-13,15,19H,3-6,11H2,1-2H3,(H3,18,20,21). The van der Waals surface area contributed by atoms with Crippen molar-refractivity contribution < 1.29 is 4.79 Å². The van der Waals surface area contributed by atoms with Crippen LogP contribution in [-0.2, 0) is 0 Å². The molecule has 116 valence electrons. The number of amides is 2. The van der Waals surface area contributed by atoms with Gasteiger partial charge in [0.2, 0.25) is 0 Å². The SMILES string of the molecule is CC(NCC1CCCCC1C)c1ccc(NC(N)=O)cc1. The van der Waals surface area contributed by atoms with Crippen molar-refractivity contribution in [2.45, 2.75) is 45.6 Å². The smallest absolute Gasteiger partial charge is 0.316 e. The molecule has 3 unspecified atom stereocenters. The Balaban J connectivity index is 1.84. The molecular weight excluding hydrogens is 262 g/mol. The maximum Gasteiger partial charge on any atom is 0.316 e. The molecule has 1 aromatic carbocycles. The zero-order valence-corrected chi connectivity index (χ0v) is 13.1. The largest absolute Gasteiger partial charge is 0.351 e. The van der Waals surface area contributed by atoms with Gasteiger partial charge in [-0.25, -0.2) is 4.79 Å². The van der Waals surface area contributed by atoms with E-state index in [-0.39, 0.29) is 0 Å². The highest BCUT2D eigenvalue weighted by molar-refractivity contribution is 5.87. The van der Waals surface area contributed by atoms with Crippen LogP contribution in [0.1, 0.15) is 51.1 Å². The van der Waals surface area contributed by atoms with Crippen molar-refractivity contribution >= 4 is 11.7 Å². The van der Waals surface area contributed by atoms with Gasteiger partial charge in [-0.2, -0.15) is 0 Å². The van der Waals surface area contributed by atoms with Crippen LogP contribution in [0, 0.1) is 11.8 Å². The molecule has 0 spiro atoms. The molecule has 0 saturated heterocycles. The van der Waals surface area contributed by atoms with Crippen molar-refractivity contribution in [1.29, 1.82) is 0 Å². The number of carbonyl (C=O) groups excluding carboxylic acids is 1. The molecule has 0 heterocycles. The molecule has 4 N–H and O–H groups in total. The predicted molar refractivity (Wildman–Crippen MR) is 87.2 cm³/mol. The van der Waals surface area contributed by atoms with E-state index in [2.05, 4.69) is 24.5 Å². The molecule has 3 atom stereocenters. The molecule has 1 saturated carbocycles. The summed E-state index contributed by atoms with van der Waals surface area (Å²) >= 11 is 0. The van der Waals surface area contributed by atoms with E-state index < -0.39 is 6.03 Å². The van der Waals surface area contributed by atoms with Gasteiger partial charge in [-0.3, -0.25) is 0 Å². The summed E-state index contributed by atoms with van der Waals surface area (Å²) in [4.78, 5) is 10.8. The third-order valence-corrected chi connectivity index (χ3v) is 4.65. The number of primary amides is 1. The summed E-state index contributed by atoms with van der Waals surface area (Å²) in [5, 5.41) is 6.23. The molecule has 1 aliphatic carbocycles. The van der Waals surface area contributed by atoms with Crippen molar-refractivity contribution in [3.05, 3.63) is 29.8 Å². The number of nitrogens with two attached hydrogens (primary N) is 1. The summed E-state index contributed by atoms with van der Waals surface area (Å²) in [6.07, 6.45) is 5.48. The Morgan fingerprint density at radius 3 is 2.57 bits per heavy atom. The van der Waals surface area contributed by atoms with E-state index in [4.69, 9.17) is 5.73 Å². The minimum absolute atomic E-state index is 0.321. The minimum Gasteiger partial charge on any atom is -0.351 e. The fourth-order valence-electron chi connectivity index (χ4n) is 3.14. The number of urea groups is 1. The van der Waals surface area contributed by atoms with Crippen LogP contribution < -0.4 is 16.4 Å². The number of anilines is 1. The van der Waals surface area contributed by atoms with E-state index in [1.54, 1.807) is 0 Å². The van der Waals surface area contributed by atoms with Crippen LogP contribution in [0.5, 0.6) is 0 Å². The lowest BCUT2D eigenvalue weighted by atomic mass is 9.80. The summed E-state index contributed by atoms with van der Waals surface area (Å²) in [6.45, 7) is 5.65. The van der Waals surface area contributed by atoms with Crippen LogP contribution >= 0.6 is 0 Å². The maximum absolute atomic E-state index is 10.8. The lowest BCUT2D eigenvalue weighted by molar-refractivity contribution is 0.242. The lowest BCUT2D eigenvalue weighted by Crippen LogP contribution is -2.31. The van der Waals surface area contributed by atoms with Gasteiger partial charge in [0.25, 0.3) is 0 Å². The minimum atomic E-state index is -0.528. The quantitative estimate of drug-likeness (QED) is 0.774. The second-order valence-corrected chi connectivity index (χ2v) is 6.26. The highest BCUT2D eigenvalue weighted by Gasteiger charge is 2.21. The Morgan fingerprint density at radius 2 is 1.95 bits per heavy atom. The fraction of sp³-hybridized carbons (Fsp3) is 0.588. The van der Waals surface area contributed by atoms with Crippen molar-refractivity contribution in [2.24, 2.45) is 17.6 Å². The number of carbonyl (C=O) groups is 1. The summed E-state index contributed by atoms with van der Waals surface area (Å²) < 4.78 is 0. The van der Waals surface area contributed by atoms with Gasteiger partial charge in [-0.1, -0.05) is 38.3 Å². The first-order valence-electron chi connectivity index (χ1n) is 7.96. The highest BCUT2D eigenvalue weighted by atomic mass is 16.2. The molecule has 4 nitrogen and oxygen atoms in total. The Hall–Kier alpha value is -1.55. The van der Waals surface area contributed by atoms with Crippen LogP contribution in [-0.4, -0.2) is 12.6 Å². The molecular formula is C17H27N3O. The Bertz CT molecular complexity index is 458. The summed E-state index contributed by atoms with van der Waals surface area (Å²) in [5.41, 5.74) is 7.07. The van der Waals surface area contributed by atoms with Crippen LogP contribution in [0.25, 0.3) is 0 Å². The van der Waals surface area contributed by atoms with E-state index >= 15 is 0 Å². The van der Waals surface area contributed by atoms with Crippen LogP contribution in [0.15, 0.2) is 24.3 Å². The number of benzene rings is 1. The number of hydrogen-bond donors (Lipinski definition) is 3. The van der Waals surface area contributed by atoms with E-state index in [1.165, 1.54) is 31.2 Å². The summed E-state index contributed by atoms with van der Waals surface area (Å²) in [7, 11) is 0. The van der Waals surface area contributed by atoms with Gasteiger partial charge in [0.05, 0.1) is 0 Å². The highest BCUT2D eigenvalue weighted by Crippen LogP contribution is 2.29. The first-order chi connectivity index (χ1) is 10.1. The number of rotatable bonds is 5. The van der Waals surface area contributed by atoms with Gasteiger partial charge < -0.3 is 16.4 Å². The third kappa shape index (κ3) is 4.74. The molecule has 0 aromatic heterocycles. The van der Waals surface area contributed by atoms with Crippen LogP contribution in [0.2, 0.25) is 0 Å². The fourth-order valence-corrected chi connectivity index (χ4v) is 3.14. The van der Waals surface area contributed by atoms with E-state index in [1.807, 2.05) is 24.3 Å². The zero-order valence-electron chi connectivity index (χ0n) is 13.1. The Kier molecular flexibility index (Phi) is 5.62. The predicted octanol–water partition coefficient (Wildman–Crippen LogP) is 3.65. The van der Waals surface area contributed by atoms with Gasteiger partial charge in [-0.05, 0) is 49.4 Å². The monoisotopic (exact) mass is 289 g/mol. The summed E-state index contributed by atoms with van der Waals surface area (Å²) in [6, 6.07) is 7.64. The second kappa shape index (κ2) is 7.46. The Labute approximate surface area is 127 Å².